The number of thiazole rings is 1. The first-order valence-corrected chi connectivity index (χ1v) is 7.53. The molecule has 2 N–H and O–H groups in total. The molecule has 0 amide bonds. The second-order valence-corrected chi connectivity index (χ2v) is 6.30. The lowest BCUT2D eigenvalue weighted by Crippen LogP contribution is -2.12. The van der Waals surface area contributed by atoms with Gasteiger partial charge in [-0.2, -0.15) is 0 Å². The van der Waals surface area contributed by atoms with E-state index in [1.165, 1.54) is 29.5 Å². The van der Waals surface area contributed by atoms with E-state index in [9.17, 15) is 4.39 Å². The van der Waals surface area contributed by atoms with Crippen molar-refractivity contribution in [3.8, 4) is 0 Å². The van der Waals surface area contributed by atoms with Gasteiger partial charge < -0.3 is 5.73 Å². The SMILES string of the molecule is NC(c1ccc(Cl)c(F)c1)c1nc2c(s1)CCCC2. The molecule has 2 aromatic rings. The van der Waals surface area contributed by atoms with Gasteiger partial charge in [0, 0.05) is 4.88 Å². The highest BCUT2D eigenvalue weighted by molar-refractivity contribution is 7.11. The summed E-state index contributed by atoms with van der Waals surface area (Å²) in [6.45, 7) is 0. The van der Waals surface area contributed by atoms with Crippen LogP contribution in [0.3, 0.4) is 0 Å². The fraction of sp³-hybridized carbons (Fsp3) is 0.357. The maximum absolute atomic E-state index is 13.5. The Hall–Kier alpha value is -0.970. The Morgan fingerprint density at radius 2 is 2.11 bits per heavy atom. The van der Waals surface area contributed by atoms with Crippen LogP contribution < -0.4 is 5.73 Å². The average Bonchev–Trinajstić information content (AvgIpc) is 2.85. The normalized spacial score (nSPS) is 16.2. The van der Waals surface area contributed by atoms with Crippen molar-refractivity contribution in [2.24, 2.45) is 5.73 Å². The van der Waals surface area contributed by atoms with E-state index in [-0.39, 0.29) is 11.1 Å². The number of benzene rings is 1. The number of hydrogen-bond acceptors (Lipinski definition) is 3. The predicted octanol–water partition coefficient (Wildman–Crippen LogP) is 3.86. The number of aromatic nitrogens is 1. The second kappa shape index (κ2) is 5.19. The Labute approximate surface area is 120 Å². The van der Waals surface area contributed by atoms with Crippen LogP contribution in [0.4, 0.5) is 4.39 Å². The number of fused-ring (bicyclic) bond motifs is 1. The molecule has 1 heterocycles. The van der Waals surface area contributed by atoms with Crippen molar-refractivity contribution in [1.82, 2.24) is 4.98 Å². The fourth-order valence-electron chi connectivity index (χ4n) is 2.35. The molecule has 1 aliphatic carbocycles. The second-order valence-electron chi connectivity index (χ2n) is 4.78. The smallest absolute Gasteiger partial charge is 0.142 e. The Balaban J connectivity index is 1.92. The van der Waals surface area contributed by atoms with Crippen LogP contribution in [-0.2, 0) is 12.8 Å². The van der Waals surface area contributed by atoms with Gasteiger partial charge in [0.25, 0.3) is 0 Å². The summed E-state index contributed by atoms with van der Waals surface area (Å²) in [5.41, 5.74) is 8.08. The van der Waals surface area contributed by atoms with Crippen LogP contribution in [0.5, 0.6) is 0 Å². The van der Waals surface area contributed by atoms with Crippen molar-refractivity contribution in [3.63, 3.8) is 0 Å². The Bertz CT molecular complexity index is 588. The fourth-order valence-corrected chi connectivity index (χ4v) is 3.65. The largest absolute Gasteiger partial charge is 0.318 e. The molecule has 19 heavy (non-hydrogen) atoms. The summed E-state index contributed by atoms with van der Waals surface area (Å²) in [5.74, 6) is -0.434. The van der Waals surface area contributed by atoms with Crippen LogP contribution in [0.25, 0.3) is 0 Å². The molecule has 0 saturated carbocycles. The first-order chi connectivity index (χ1) is 9.15. The van der Waals surface area contributed by atoms with E-state index < -0.39 is 5.82 Å². The third kappa shape index (κ3) is 2.53. The lowest BCUT2D eigenvalue weighted by Gasteiger charge is -2.09. The van der Waals surface area contributed by atoms with E-state index >= 15 is 0 Å². The van der Waals surface area contributed by atoms with Crippen LogP contribution in [0.2, 0.25) is 5.02 Å². The topological polar surface area (TPSA) is 38.9 Å². The summed E-state index contributed by atoms with van der Waals surface area (Å²) >= 11 is 7.34. The van der Waals surface area contributed by atoms with E-state index in [4.69, 9.17) is 17.3 Å². The minimum atomic E-state index is -0.434. The van der Waals surface area contributed by atoms with Gasteiger partial charge in [0.1, 0.15) is 10.8 Å². The molecule has 0 spiro atoms. The first kappa shape index (κ1) is 13.0. The molecule has 1 unspecified atom stereocenters. The van der Waals surface area contributed by atoms with Gasteiger partial charge in [-0.25, -0.2) is 9.37 Å². The Morgan fingerprint density at radius 1 is 1.32 bits per heavy atom. The van der Waals surface area contributed by atoms with Gasteiger partial charge in [-0.05, 0) is 43.4 Å². The highest BCUT2D eigenvalue weighted by atomic mass is 35.5. The van der Waals surface area contributed by atoms with Crippen LogP contribution in [0.15, 0.2) is 18.2 Å². The molecule has 0 fully saturated rings. The molecule has 0 bridgehead atoms. The maximum Gasteiger partial charge on any atom is 0.142 e. The third-order valence-corrected chi connectivity index (χ3v) is 4.98. The molecule has 2 nitrogen and oxygen atoms in total. The predicted molar refractivity (Wildman–Crippen MR) is 76.2 cm³/mol. The lowest BCUT2D eigenvalue weighted by molar-refractivity contribution is 0.623. The van der Waals surface area contributed by atoms with Crippen molar-refractivity contribution in [2.45, 2.75) is 31.7 Å². The van der Waals surface area contributed by atoms with Crippen LogP contribution in [0, 0.1) is 5.82 Å². The zero-order chi connectivity index (χ0) is 13.4. The van der Waals surface area contributed by atoms with Crippen LogP contribution in [0.1, 0.15) is 40.0 Å². The van der Waals surface area contributed by atoms with Crippen molar-refractivity contribution in [3.05, 3.63) is 50.2 Å². The van der Waals surface area contributed by atoms with Gasteiger partial charge in [-0.3, -0.25) is 0 Å². The highest BCUT2D eigenvalue weighted by Gasteiger charge is 2.20. The summed E-state index contributed by atoms with van der Waals surface area (Å²) in [6.07, 6.45) is 4.54. The molecule has 0 saturated heterocycles. The highest BCUT2D eigenvalue weighted by Crippen LogP contribution is 2.32. The standard InChI is InChI=1S/C14H14ClFN2S/c15-9-6-5-8(7-10(9)16)13(17)14-18-11-3-1-2-4-12(11)19-14/h5-7,13H,1-4,17H2. The number of nitrogens with zero attached hydrogens (tertiary/aromatic N) is 1. The zero-order valence-electron chi connectivity index (χ0n) is 10.3. The van der Waals surface area contributed by atoms with Crippen molar-refractivity contribution in [2.75, 3.05) is 0 Å². The summed E-state index contributed by atoms with van der Waals surface area (Å²) in [5, 5.41) is 0.989. The van der Waals surface area contributed by atoms with E-state index in [1.54, 1.807) is 23.5 Å². The van der Waals surface area contributed by atoms with Crippen molar-refractivity contribution < 1.29 is 4.39 Å². The van der Waals surface area contributed by atoms with E-state index in [0.717, 1.165) is 17.8 Å². The lowest BCUT2D eigenvalue weighted by atomic mass is 10.0. The average molecular weight is 297 g/mol. The maximum atomic E-state index is 13.5. The van der Waals surface area contributed by atoms with Crippen LogP contribution in [-0.4, -0.2) is 4.98 Å². The molecule has 1 aromatic carbocycles. The quantitative estimate of drug-likeness (QED) is 0.914. The number of nitrogens with two attached hydrogens (primary N) is 1. The summed E-state index contributed by atoms with van der Waals surface area (Å²) in [7, 11) is 0. The Kier molecular flexibility index (Phi) is 3.56. The molecule has 1 atom stereocenters. The monoisotopic (exact) mass is 296 g/mol. The molecular formula is C14H14ClFN2S. The van der Waals surface area contributed by atoms with Crippen LogP contribution >= 0.6 is 22.9 Å². The number of aryl methyl sites for hydroxylation is 2. The van der Waals surface area contributed by atoms with Crippen molar-refractivity contribution in [1.29, 1.82) is 0 Å². The molecule has 0 radical (unpaired) electrons. The summed E-state index contributed by atoms with van der Waals surface area (Å²) in [6, 6.07) is 4.33. The van der Waals surface area contributed by atoms with Crippen molar-refractivity contribution >= 4 is 22.9 Å². The summed E-state index contributed by atoms with van der Waals surface area (Å²) < 4.78 is 13.5. The Morgan fingerprint density at radius 3 is 2.84 bits per heavy atom. The molecule has 0 aliphatic heterocycles. The van der Waals surface area contributed by atoms with Gasteiger partial charge >= 0.3 is 0 Å². The van der Waals surface area contributed by atoms with Gasteiger partial charge in [-0.1, -0.05) is 17.7 Å². The van der Waals surface area contributed by atoms with Gasteiger partial charge in [0.15, 0.2) is 0 Å². The zero-order valence-corrected chi connectivity index (χ0v) is 11.9. The van der Waals surface area contributed by atoms with Gasteiger partial charge in [0.05, 0.1) is 16.8 Å². The minimum absolute atomic E-state index is 0.120. The molecule has 5 heteroatoms. The van der Waals surface area contributed by atoms with E-state index in [2.05, 4.69) is 4.98 Å². The molecule has 1 aliphatic rings. The molecule has 100 valence electrons. The first-order valence-electron chi connectivity index (χ1n) is 6.34. The number of halogens is 2. The third-order valence-electron chi connectivity index (χ3n) is 3.43. The van der Waals surface area contributed by atoms with Gasteiger partial charge in [-0.15, -0.1) is 11.3 Å². The molecule has 1 aromatic heterocycles. The summed E-state index contributed by atoms with van der Waals surface area (Å²) in [4.78, 5) is 5.96. The van der Waals surface area contributed by atoms with E-state index in [0.29, 0.717) is 5.56 Å². The molecular weight excluding hydrogens is 283 g/mol. The van der Waals surface area contributed by atoms with Gasteiger partial charge in [0.2, 0.25) is 0 Å². The number of rotatable bonds is 2. The van der Waals surface area contributed by atoms with E-state index in [1.807, 2.05) is 0 Å². The number of hydrogen-bond donors (Lipinski definition) is 1. The minimum Gasteiger partial charge on any atom is -0.318 e. The molecule has 3 rings (SSSR count).